The maximum absolute atomic E-state index is 9.24. The molecule has 0 aliphatic carbocycles. The number of thioether (sulfide) groups is 1. The fraction of sp³-hybridized carbons (Fsp3) is 0.500. The maximum atomic E-state index is 9.24. The second-order valence-electron chi connectivity index (χ2n) is 2.84. The monoisotopic (exact) mass is 199 g/mol. The van der Waals surface area contributed by atoms with E-state index in [1.165, 1.54) is 18.0 Å². The molecule has 0 aromatic carbocycles. The first-order chi connectivity index (χ1) is 6.09. The first kappa shape index (κ1) is 10.3. The highest BCUT2D eigenvalue weighted by Gasteiger charge is 2.10. The molecule has 0 spiro atoms. The van der Waals surface area contributed by atoms with Crippen LogP contribution in [-0.4, -0.2) is 26.4 Å². The molecule has 1 aromatic rings. The molecule has 0 aliphatic heterocycles. The van der Waals surface area contributed by atoms with Crippen LogP contribution in [0.2, 0.25) is 0 Å². The molecule has 0 bridgehead atoms. The largest absolute Gasteiger partial charge is 0.392 e. The van der Waals surface area contributed by atoms with Gasteiger partial charge in [-0.2, -0.15) is 0 Å². The number of aliphatic hydroxyl groups is 1. The van der Waals surface area contributed by atoms with E-state index in [1.807, 2.05) is 6.92 Å². The number of hydrogen-bond acceptors (Lipinski definition) is 5. The minimum absolute atomic E-state index is 0.109. The summed E-state index contributed by atoms with van der Waals surface area (Å²) in [5.41, 5.74) is 5.39. The third kappa shape index (κ3) is 3.20. The minimum Gasteiger partial charge on any atom is -0.392 e. The normalized spacial score (nSPS) is 15.3. The van der Waals surface area contributed by atoms with Crippen LogP contribution in [0, 0.1) is 0 Å². The fourth-order valence-electron chi connectivity index (χ4n) is 0.676. The number of rotatable bonds is 3. The fourth-order valence-corrected chi connectivity index (χ4v) is 1.48. The number of anilines is 1. The molecule has 1 aromatic heterocycles. The smallest absolute Gasteiger partial charge is 0.141 e. The summed E-state index contributed by atoms with van der Waals surface area (Å²) in [6, 6.07) is 0. The molecular formula is C8H13N3OS. The van der Waals surface area contributed by atoms with Crippen molar-refractivity contribution in [1.82, 2.24) is 9.97 Å². The second-order valence-corrected chi connectivity index (χ2v) is 4.24. The molecule has 0 amide bonds. The van der Waals surface area contributed by atoms with Gasteiger partial charge in [0.2, 0.25) is 0 Å². The average molecular weight is 199 g/mol. The van der Waals surface area contributed by atoms with Gasteiger partial charge in [0.25, 0.3) is 0 Å². The molecular weight excluding hydrogens is 186 g/mol. The van der Waals surface area contributed by atoms with Crippen molar-refractivity contribution < 1.29 is 5.11 Å². The highest BCUT2D eigenvalue weighted by molar-refractivity contribution is 7.99. The Morgan fingerprint density at radius 1 is 1.38 bits per heavy atom. The summed E-state index contributed by atoms with van der Waals surface area (Å²) in [4.78, 5) is 7.97. The Hall–Kier alpha value is -0.810. The number of nitrogens with zero attached hydrogens (tertiary/aromatic N) is 2. The molecule has 0 radical (unpaired) electrons. The first-order valence-corrected chi connectivity index (χ1v) is 4.90. The van der Waals surface area contributed by atoms with Gasteiger partial charge in [0.05, 0.1) is 18.5 Å². The topological polar surface area (TPSA) is 72.0 Å². The Bertz CT molecular complexity index is 263. The van der Waals surface area contributed by atoms with Gasteiger partial charge >= 0.3 is 0 Å². The summed E-state index contributed by atoms with van der Waals surface area (Å²) < 4.78 is 0. The van der Waals surface area contributed by atoms with Gasteiger partial charge in [0.15, 0.2) is 0 Å². The molecule has 13 heavy (non-hydrogen) atoms. The summed E-state index contributed by atoms with van der Waals surface area (Å²) in [7, 11) is 0. The molecule has 0 saturated carbocycles. The van der Waals surface area contributed by atoms with Gasteiger partial charge in [0, 0.05) is 5.25 Å². The van der Waals surface area contributed by atoms with Crippen molar-refractivity contribution >= 4 is 17.6 Å². The van der Waals surface area contributed by atoms with Gasteiger partial charge in [-0.05, 0) is 6.92 Å². The van der Waals surface area contributed by atoms with Crippen LogP contribution in [-0.2, 0) is 0 Å². The number of nitrogens with two attached hydrogens (primary N) is 1. The molecule has 1 rings (SSSR count). The standard InChI is InChI=1S/C8H13N3OS/c1-5(12)6(2)13-8-4-10-7(9)3-11-8/h3-6,12H,1-2H3,(H2,9,10). The van der Waals surface area contributed by atoms with Gasteiger partial charge in [-0.1, -0.05) is 18.7 Å². The van der Waals surface area contributed by atoms with E-state index in [-0.39, 0.29) is 11.4 Å². The van der Waals surface area contributed by atoms with E-state index in [4.69, 9.17) is 5.73 Å². The zero-order chi connectivity index (χ0) is 9.84. The Morgan fingerprint density at radius 3 is 2.54 bits per heavy atom. The van der Waals surface area contributed by atoms with Crippen molar-refractivity contribution in [2.24, 2.45) is 0 Å². The van der Waals surface area contributed by atoms with Crippen LogP contribution < -0.4 is 5.73 Å². The van der Waals surface area contributed by atoms with Crippen LogP contribution in [0.3, 0.4) is 0 Å². The summed E-state index contributed by atoms with van der Waals surface area (Å²) in [5, 5.41) is 10.1. The molecule has 5 heteroatoms. The summed E-state index contributed by atoms with van der Waals surface area (Å²) in [6.45, 7) is 3.69. The Morgan fingerprint density at radius 2 is 2.08 bits per heavy atom. The number of aromatic nitrogens is 2. The predicted molar refractivity (Wildman–Crippen MR) is 53.4 cm³/mol. The van der Waals surface area contributed by atoms with Crippen molar-refractivity contribution in [3.05, 3.63) is 12.4 Å². The number of hydrogen-bond donors (Lipinski definition) is 2. The van der Waals surface area contributed by atoms with Crippen molar-refractivity contribution in [2.75, 3.05) is 5.73 Å². The van der Waals surface area contributed by atoms with Gasteiger partial charge in [-0.25, -0.2) is 9.97 Å². The molecule has 3 N–H and O–H groups in total. The van der Waals surface area contributed by atoms with E-state index < -0.39 is 0 Å². The molecule has 0 saturated heterocycles. The van der Waals surface area contributed by atoms with Gasteiger partial charge in [0.1, 0.15) is 10.8 Å². The lowest BCUT2D eigenvalue weighted by Crippen LogP contribution is -2.15. The predicted octanol–water partition coefficient (Wildman–Crippen LogP) is 0.920. The zero-order valence-electron chi connectivity index (χ0n) is 7.64. The van der Waals surface area contributed by atoms with Crippen LogP contribution in [0.1, 0.15) is 13.8 Å². The van der Waals surface area contributed by atoms with Gasteiger partial charge < -0.3 is 10.8 Å². The summed E-state index contributed by atoms with van der Waals surface area (Å²) in [6.07, 6.45) is 2.76. The Kier molecular flexibility index (Phi) is 3.50. The van der Waals surface area contributed by atoms with Gasteiger partial charge in [-0.3, -0.25) is 0 Å². The third-order valence-electron chi connectivity index (χ3n) is 1.63. The number of nitrogen functional groups attached to an aromatic ring is 1. The third-order valence-corrected chi connectivity index (χ3v) is 2.85. The Labute approximate surface area is 81.6 Å². The van der Waals surface area contributed by atoms with E-state index in [0.29, 0.717) is 5.82 Å². The molecule has 72 valence electrons. The SMILES string of the molecule is CC(O)C(C)Sc1cnc(N)cn1. The van der Waals surface area contributed by atoms with E-state index >= 15 is 0 Å². The summed E-state index contributed by atoms with van der Waals surface area (Å²) >= 11 is 1.48. The lowest BCUT2D eigenvalue weighted by molar-refractivity contribution is 0.196. The minimum atomic E-state index is -0.357. The van der Waals surface area contributed by atoms with Crippen LogP contribution in [0.5, 0.6) is 0 Å². The van der Waals surface area contributed by atoms with Crippen molar-refractivity contribution in [3.8, 4) is 0 Å². The summed E-state index contributed by atoms with van der Waals surface area (Å²) in [5.74, 6) is 0.411. The lowest BCUT2D eigenvalue weighted by Gasteiger charge is -2.12. The highest BCUT2D eigenvalue weighted by Crippen LogP contribution is 2.22. The van der Waals surface area contributed by atoms with Crippen LogP contribution in [0.4, 0.5) is 5.82 Å². The van der Waals surface area contributed by atoms with Crippen LogP contribution >= 0.6 is 11.8 Å². The molecule has 4 nitrogen and oxygen atoms in total. The quantitative estimate of drug-likeness (QED) is 0.708. The van der Waals surface area contributed by atoms with Crippen molar-refractivity contribution in [3.63, 3.8) is 0 Å². The first-order valence-electron chi connectivity index (χ1n) is 4.02. The van der Waals surface area contributed by atoms with E-state index in [1.54, 1.807) is 13.1 Å². The lowest BCUT2D eigenvalue weighted by atomic mass is 10.3. The van der Waals surface area contributed by atoms with E-state index in [9.17, 15) is 5.11 Å². The number of aliphatic hydroxyl groups excluding tert-OH is 1. The molecule has 2 unspecified atom stereocenters. The molecule has 2 atom stereocenters. The van der Waals surface area contributed by atoms with Crippen molar-refractivity contribution in [1.29, 1.82) is 0 Å². The molecule has 0 aliphatic rings. The molecule has 1 heterocycles. The van der Waals surface area contributed by atoms with E-state index in [0.717, 1.165) is 5.03 Å². The zero-order valence-corrected chi connectivity index (χ0v) is 8.45. The van der Waals surface area contributed by atoms with Crippen LogP contribution in [0.25, 0.3) is 0 Å². The Balaban J connectivity index is 2.59. The maximum Gasteiger partial charge on any atom is 0.141 e. The van der Waals surface area contributed by atoms with Crippen molar-refractivity contribution in [2.45, 2.75) is 30.2 Å². The van der Waals surface area contributed by atoms with E-state index in [2.05, 4.69) is 9.97 Å². The average Bonchev–Trinajstić information content (AvgIpc) is 2.08. The van der Waals surface area contributed by atoms with Crippen LogP contribution in [0.15, 0.2) is 17.4 Å². The highest BCUT2D eigenvalue weighted by atomic mass is 32.2. The molecule has 0 fully saturated rings. The van der Waals surface area contributed by atoms with Gasteiger partial charge in [-0.15, -0.1) is 0 Å². The second kappa shape index (κ2) is 4.43.